The van der Waals surface area contributed by atoms with Crippen LogP contribution in [0.2, 0.25) is 0 Å². The van der Waals surface area contributed by atoms with Crippen molar-refractivity contribution < 1.29 is 19.2 Å². The van der Waals surface area contributed by atoms with E-state index in [1.54, 1.807) is 43.3 Å². The minimum Gasteiger partial charge on any atom is -0.480 e. The molecule has 0 bridgehead atoms. The molecule has 0 spiro atoms. The number of nitro groups is 1. The number of methoxy groups -OCH3 is 1. The Morgan fingerprint density at radius 1 is 1.19 bits per heavy atom. The Hall–Kier alpha value is -3.48. The first-order valence-corrected chi connectivity index (χ1v) is 7.95. The lowest BCUT2D eigenvalue weighted by Gasteiger charge is -2.10. The van der Waals surface area contributed by atoms with E-state index < -0.39 is 10.9 Å². The molecule has 3 rings (SSSR count). The van der Waals surface area contributed by atoms with Crippen LogP contribution in [0.4, 0.5) is 5.69 Å². The summed E-state index contributed by atoms with van der Waals surface area (Å²) in [7, 11) is 1.38. The molecule has 7 heteroatoms. The Morgan fingerprint density at radius 2 is 1.92 bits per heavy atom. The van der Waals surface area contributed by atoms with Crippen molar-refractivity contribution in [1.29, 1.82) is 0 Å². The fourth-order valence-electron chi connectivity index (χ4n) is 2.70. The second-order valence-electron chi connectivity index (χ2n) is 5.45. The van der Waals surface area contributed by atoms with Crippen molar-refractivity contribution in [2.45, 2.75) is 6.92 Å². The lowest BCUT2D eigenvalue weighted by Crippen LogP contribution is -2.08. The number of hydrogen-bond acceptors (Lipinski definition) is 6. The molecule has 2 aromatic carbocycles. The van der Waals surface area contributed by atoms with E-state index in [1.165, 1.54) is 13.2 Å². The molecule has 1 heterocycles. The van der Waals surface area contributed by atoms with Gasteiger partial charge in [0.2, 0.25) is 5.88 Å². The number of nitrogens with zero attached hydrogens (tertiary/aromatic N) is 2. The van der Waals surface area contributed by atoms with Gasteiger partial charge in [0.05, 0.1) is 29.7 Å². The van der Waals surface area contributed by atoms with Gasteiger partial charge >= 0.3 is 5.97 Å². The van der Waals surface area contributed by atoms with Crippen LogP contribution in [0.5, 0.6) is 5.88 Å². The van der Waals surface area contributed by atoms with Crippen LogP contribution in [0.1, 0.15) is 17.3 Å². The third-order valence-electron chi connectivity index (χ3n) is 3.87. The number of benzene rings is 2. The first-order valence-electron chi connectivity index (χ1n) is 7.95. The van der Waals surface area contributed by atoms with Gasteiger partial charge in [0.15, 0.2) is 0 Å². The van der Waals surface area contributed by atoms with E-state index in [2.05, 4.69) is 4.98 Å². The summed E-state index contributed by atoms with van der Waals surface area (Å²) in [6, 6.07) is 13.6. The molecule has 0 atom stereocenters. The molecule has 0 N–H and O–H groups in total. The van der Waals surface area contributed by atoms with Crippen molar-refractivity contribution in [3.8, 4) is 17.0 Å². The van der Waals surface area contributed by atoms with Crippen molar-refractivity contribution in [3.63, 3.8) is 0 Å². The minimum absolute atomic E-state index is 0.0673. The molecule has 0 amide bonds. The lowest BCUT2D eigenvalue weighted by atomic mass is 10.0. The summed E-state index contributed by atoms with van der Waals surface area (Å²) in [6.45, 7) is 1.92. The van der Waals surface area contributed by atoms with Gasteiger partial charge in [-0.2, -0.15) is 0 Å². The molecule has 26 heavy (non-hydrogen) atoms. The van der Waals surface area contributed by atoms with E-state index in [0.29, 0.717) is 22.0 Å². The highest BCUT2D eigenvalue weighted by Gasteiger charge is 2.21. The quantitative estimate of drug-likeness (QED) is 0.392. The second-order valence-corrected chi connectivity index (χ2v) is 5.45. The zero-order valence-corrected chi connectivity index (χ0v) is 14.3. The summed E-state index contributed by atoms with van der Waals surface area (Å²) in [5, 5.41) is 12.1. The molecule has 0 unspecified atom stereocenters. The molecule has 1 aromatic heterocycles. The highest BCUT2D eigenvalue weighted by Crippen LogP contribution is 2.35. The lowest BCUT2D eigenvalue weighted by molar-refractivity contribution is -0.384. The van der Waals surface area contributed by atoms with Gasteiger partial charge < -0.3 is 9.47 Å². The molecule has 0 saturated heterocycles. The van der Waals surface area contributed by atoms with Crippen molar-refractivity contribution in [2.75, 3.05) is 13.7 Å². The molecule has 0 saturated carbocycles. The Morgan fingerprint density at radius 3 is 2.54 bits per heavy atom. The van der Waals surface area contributed by atoms with Gasteiger partial charge in [-0.3, -0.25) is 10.1 Å². The van der Waals surface area contributed by atoms with E-state index in [4.69, 9.17) is 9.47 Å². The average molecular weight is 352 g/mol. The van der Waals surface area contributed by atoms with Crippen LogP contribution in [0.3, 0.4) is 0 Å². The standard InChI is InChI=1S/C19H16N2O5/c1-3-26-19(22)15-10-13-9-14(12-7-5-4-6-8-12)17(21(23)24)11-16(13)20-18(15)25-2/h4-11H,3H2,1-2H3. The maximum absolute atomic E-state index is 12.1. The third kappa shape index (κ3) is 3.19. The summed E-state index contributed by atoms with van der Waals surface area (Å²) in [5.74, 6) is -0.490. The first-order chi connectivity index (χ1) is 12.5. The van der Waals surface area contributed by atoms with Gasteiger partial charge in [-0.05, 0) is 24.6 Å². The predicted molar refractivity (Wildman–Crippen MR) is 96.3 cm³/mol. The number of hydrogen-bond donors (Lipinski definition) is 0. The van der Waals surface area contributed by atoms with Gasteiger partial charge in [0.25, 0.3) is 5.69 Å². The normalized spacial score (nSPS) is 10.5. The van der Waals surface area contributed by atoms with E-state index in [9.17, 15) is 14.9 Å². The number of rotatable bonds is 5. The maximum atomic E-state index is 12.1. The van der Waals surface area contributed by atoms with Crippen LogP contribution < -0.4 is 4.74 Å². The molecule has 3 aromatic rings. The Labute approximate surface area is 149 Å². The van der Waals surface area contributed by atoms with Crippen LogP contribution >= 0.6 is 0 Å². The summed E-state index contributed by atoms with van der Waals surface area (Å²) >= 11 is 0. The Balaban J connectivity index is 2.27. The smallest absolute Gasteiger partial charge is 0.343 e. The zero-order chi connectivity index (χ0) is 18.7. The first kappa shape index (κ1) is 17.3. The maximum Gasteiger partial charge on any atom is 0.343 e. The van der Waals surface area contributed by atoms with E-state index in [-0.39, 0.29) is 23.7 Å². The number of fused-ring (bicyclic) bond motifs is 1. The number of ether oxygens (including phenoxy) is 2. The summed E-state index contributed by atoms with van der Waals surface area (Å²) in [6.07, 6.45) is 0. The number of carbonyl (C=O) groups is 1. The average Bonchev–Trinajstić information content (AvgIpc) is 2.66. The molecular formula is C19H16N2O5. The van der Waals surface area contributed by atoms with Gasteiger partial charge in [-0.15, -0.1) is 0 Å². The molecule has 0 aliphatic carbocycles. The number of pyridine rings is 1. The van der Waals surface area contributed by atoms with Crippen LogP contribution in [0, 0.1) is 10.1 Å². The third-order valence-corrected chi connectivity index (χ3v) is 3.87. The summed E-state index contributed by atoms with van der Waals surface area (Å²) in [4.78, 5) is 27.5. The fourth-order valence-corrected chi connectivity index (χ4v) is 2.70. The highest BCUT2D eigenvalue weighted by atomic mass is 16.6. The van der Waals surface area contributed by atoms with Crippen molar-refractivity contribution in [1.82, 2.24) is 4.98 Å². The Kier molecular flexibility index (Phi) is 4.79. The van der Waals surface area contributed by atoms with Gasteiger partial charge in [-0.25, -0.2) is 9.78 Å². The molecule has 0 aliphatic heterocycles. The minimum atomic E-state index is -0.557. The van der Waals surface area contributed by atoms with E-state index in [1.807, 2.05) is 6.07 Å². The van der Waals surface area contributed by atoms with Crippen LogP contribution in [-0.4, -0.2) is 29.6 Å². The Bertz CT molecular complexity index is 986. The molecule has 0 fully saturated rings. The molecule has 0 aliphatic rings. The van der Waals surface area contributed by atoms with Crippen molar-refractivity contribution in [2.24, 2.45) is 0 Å². The topological polar surface area (TPSA) is 91.6 Å². The fraction of sp³-hybridized carbons (Fsp3) is 0.158. The molecule has 7 nitrogen and oxygen atoms in total. The summed E-state index contributed by atoms with van der Waals surface area (Å²) < 4.78 is 10.2. The van der Waals surface area contributed by atoms with Crippen molar-refractivity contribution in [3.05, 3.63) is 64.2 Å². The highest BCUT2D eigenvalue weighted by molar-refractivity contribution is 5.98. The molecule has 0 radical (unpaired) electrons. The van der Waals surface area contributed by atoms with E-state index in [0.717, 1.165) is 0 Å². The van der Waals surface area contributed by atoms with Crippen LogP contribution in [0.25, 0.3) is 22.0 Å². The monoisotopic (exact) mass is 352 g/mol. The molecule has 132 valence electrons. The predicted octanol–water partition coefficient (Wildman–Crippen LogP) is 4.00. The number of carbonyl (C=O) groups excluding carboxylic acids is 1. The summed E-state index contributed by atoms with van der Waals surface area (Å²) in [5.41, 5.74) is 1.62. The van der Waals surface area contributed by atoms with Gasteiger partial charge in [-0.1, -0.05) is 30.3 Å². The largest absolute Gasteiger partial charge is 0.480 e. The van der Waals surface area contributed by atoms with Crippen molar-refractivity contribution >= 4 is 22.6 Å². The second kappa shape index (κ2) is 7.18. The van der Waals surface area contributed by atoms with Gasteiger partial charge in [0.1, 0.15) is 5.56 Å². The SMILES string of the molecule is CCOC(=O)c1cc2cc(-c3ccccc3)c([N+](=O)[O-])cc2nc1OC. The number of esters is 1. The van der Waals surface area contributed by atoms with Gasteiger partial charge in [0, 0.05) is 11.5 Å². The number of aromatic nitrogens is 1. The molecular weight excluding hydrogens is 336 g/mol. The van der Waals surface area contributed by atoms with Crippen LogP contribution in [-0.2, 0) is 4.74 Å². The van der Waals surface area contributed by atoms with E-state index >= 15 is 0 Å². The zero-order valence-electron chi connectivity index (χ0n) is 14.3. The number of nitro benzene ring substituents is 1. The van der Waals surface area contributed by atoms with Crippen LogP contribution in [0.15, 0.2) is 48.5 Å².